The lowest BCUT2D eigenvalue weighted by molar-refractivity contribution is 0.718. The van der Waals surface area contributed by atoms with Crippen LogP contribution in [0, 0.1) is 0 Å². The first-order valence-corrected chi connectivity index (χ1v) is 5.77. The molecule has 0 radical (unpaired) electrons. The van der Waals surface area contributed by atoms with Crippen LogP contribution in [-0.2, 0) is 0 Å². The number of benzene rings is 2. The van der Waals surface area contributed by atoms with Crippen molar-refractivity contribution in [2.75, 3.05) is 5.01 Å². The summed E-state index contributed by atoms with van der Waals surface area (Å²) in [6, 6.07) is 21.1. The van der Waals surface area contributed by atoms with Crippen LogP contribution >= 0.6 is 0 Å². The maximum atomic E-state index is 3.27. The molecule has 2 heteroatoms. The molecule has 2 aromatic carbocycles. The van der Waals surface area contributed by atoms with Gasteiger partial charge in [0.25, 0.3) is 0 Å². The minimum absolute atomic E-state index is 0.263. The quantitative estimate of drug-likeness (QED) is 0.839. The van der Waals surface area contributed by atoms with Crippen LogP contribution in [0.15, 0.2) is 72.9 Å². The van der Waals surface area contributed by atoms with Gasteiger partial charge in [0.1, 0.15) is 0 Å². The van der Waals surface area contributed by atoms with Crippen LogP contribution in [0.2, 0.25) is 0 Å². The van der Waals surface area contributed by atoms with Crippen molar-refractivity contribution >= 4 is 5.69 Å². The number of anilines is 1. The summed E-state index contributed by atoms with van der Waals surface area (Å²) in [7, 11) is 0. The standard InChI is InChI=1S/C15H14N2/c1-3-7-13(8-4-1)15-11-12-16-17(15)14-9-5-2-6-10-14/h1-12,15-16H. The molecule has 0 aliphatic carbocycles. The van der Waals surface area contributed by atoms with Gasteiger partial charge in [0.15, 0.2) is 0 Å². The lowest BCUT2D eigenvalue weighted by Crippen LogP contribution is -2.32. The zero-order chi connectivity index (χ0) is 11.5. The Morgan fingerprint density at radius 2 is 1.47 bits per heavy atom. The second-order valence-electron chi connectivity index (χ2n) is 4.05. The van der Waals surface area contributed by atoms with Gasteiger partial charge in [0.2, 0.25) is 0 Å². The summed E-state index contributed by atoms with van der Waals surface area (Å²) < 4.78 is 0. The van der Waals surface area contributed by atoms with E-state index in [1.807, 2.05) is 18.3 Å². The molecular weight excluding hydrogens is 208 g/mol. The predicted molar refractivity (Wildman–Crippen MR) is 70.4 cm³/mol. The molecule has 2 aromatic rings. The van der Waals surface area contributed by atoms with Crippen molar-refractivity contribution in [2.24, 2.45) is 0 Å². The van der Waals surface area contributed by atoms with Gasteiger partial charge in [-0.1, -0.05) is 48.5 Å². The predicted octanol–water partition coefficient (Wildman–Crippen LogP) is 3.27. The smallest absolute Gasteiger partial charge is 0.0952 e. The molecule has 1 aliphatic rings. The van der Waals surface area contributed by atoms with Gasteiger partial charge >= 0.3 is 0 Å². The van der Waals surface area contributed by atoms with Crippen LogP contribution in [-0.4, -0.2) is 0 Å². The third-order valence-corrected chi connectivity index (χ3v) is 2.95. The normalized spacial score (nSPS) is 18.1. The van der Waals surface area contributed by atoms with Crippen molar-refractivity contribution in [1.29, 1.82) is 0 Å². The number of para-hydroxylation sites is 1. The molecule has 1 unspecified atom stereocenters. The Hall–Kier alpha value is -2.22. The van der Waals surface area contributed by atoms with E-state index < -0.39 is 0 Å². The summed E-state index contributed by atoms with van der Waals surface area (Å²) in [5, 5.41) is 2.16. The van der Waals surface area contributed by atoms with E-state index in [9.17, 15) is 0 Å². The molecule has 0 saturated carbocycles. The minimum atomic E-state index is 0.263. The molecule has 2 nitrogen and oxygen atoms in total. The van der Waals surface area contributed by atoms with Gasteiger partial charge in [-0.3, -0.25) is 5.01 Å². The first-order valence-electron chi connectivity index (χ1n) is 5.77. The number of nitrogens with one attached hydrogen (secondary N) is 1. The van der Waals surface area contributed by atoms with Gasteiger partial charge < -0.3 is 5.43 Å². The summed E-state index contributed by atoms with van der Waals surface area (Å²) in [4.78, 5) is 0. The SMILES string of the molecule is C1=CC(c2ccccc2)N(c2ccccc2)N1. The third kappa shape index (κ3) is 1.89. The van der Waals surface area contributed by atoms with Gasteiger partial charge in [0, 0.05) is 6.20 Å². The van der Waals surface area contributed by atoms with E-state index in [0.717, 1.165) is 0 Å². The van der Waals surface area contributed by atoms with E-state index in [0.29, 0.717) is 0 Å². The number of hydrogen-bond donors (Lipinski definition) is 1. The van der Waals surface area contributed by atoms with Gasteiger partial charge in [0.05, 0.1) is 11.7 Å². The van der Waals surface area contributed by atoms with Crippen molar-refractivity contribution in [1.82, 2.24) is 5.43 Å². The Morgan fingerprint density at radius 1 is 0.824 bits per heavy atom. The largest absolute Gasteiger partial charge is 0.305 e. The maximum Gasteiger partial charge on any atom is 0.0952 e. The highest BCUT2D eigenvalue weighted by Gasteiger charge is 2.21. The molecule has 0 saturated heterocycles. The highest BCUT2D eigenvalue weighted by atomic mass is 15.5. The van der Waals surface area contributed by atoms with Crippen LogP contribution in [0.3, 0.4) is 0 Å². The zero-order valence-corrected chi connectivity index (χ0v) is 9.45. The summed E-state index contributed by atoms with van der Waals surface area (Å²) in [5.74, 6) is 0. The third-order valence-electron chi connectivity index (χ3n) is 2.95. The van der Waals surface area contributed by atoms with Gasteiger partial charge in [-0.2, -0.15) is 0 Å². The van der Waals surface area contributed by atoms with E-state index in [1.165, 1.54) is 11.3 Å². The van der Waals surface area contributed by atoms with Crippen LogP contribution in [0.25, 0.3) is 0 Å². The zero-order valence-electron chi connectivity index (χ0n) is 9.45. The molecule has 1 atom stereocenters. The summed E-state index contributed by atoms with van der Waals surface area (Å²) >= 11 is 0. The minimum Gasteiger partial charge on any atom is -0.305 e. The molecule has 1 N–H and O–H groups in total. The first-order chi connectivity index (χ1) is 8.45. The van der Waals surface area contributed by atoms with Crippen molar-refractivity contribution in [2.45, 2.75) is 6.04 Å². The summed E-state index contributed by atoms with van der Waals surface area (Å²) in [6.07, 6.45) is 4.16. The molecule has 17 heavy (non-hydrogen) atoms. The lowest BCUT2D eigenvalue weighted by atomic mass is 10.1. The Morgan fingerprint density at radius 3 is 2.18 bits per heavy atom. The Bertz CT molecular complexity index is 505. The number of hydrazine groups is 1. The summed E-state index contributed by atoms with van der Waals surface area (Å²) in [5.41, 5.74) is 5.74. The lowest BCUT2D eigenvalue weighted by Gasteiger charge is -2.26. The highest BCUT2D eigenvalue weighted by molar-refractivity contribution is 5.50. The Labute approximate surface area is 101 Å². The van der Waals surface area contributed by atoms with E-state index >= 15 is 0 Å². The fourth-order valence-electron chi connectivity index (χ4n) is 2.11. The second-order valence-corrected chi connectivity index (χ2v) is 4.05. The topological polar surface area (TPSA) is 15.3 Å². The molecule has 84 valence electrons. The van der Waals surface area contributed by atoms with Crippen LogP contribution < -0.4 is 10.4 Å². The molecule has 0 fully saturated rings. The van der Waals surface area contributed by atoms with E-state index in [-0.39, 0.29) is 6.04 Å². The molecule has 0 bridgehead atoms. The maximum absolute atomic E-state index is 3.27. The van der Waals surface area contributed by atoms with Gasteiger partial charge in [-0.05, 0) is 23.8 Å². The van der Waals surface area contributed by atoms with Crippen LogP contribution in [0.1, 0.15) is 11.6 Å². The number of hydrogen-bond acceptors (Lipinski definition) is 2. The van der Waals surface area contributed by atoms with E-state index in [1.54, 1.807) is 0 Å². The number of rotatable bonds is 2. The van der Waals surface area contributed by atoms with Crippen molar-refractivity contribution < 1.29 is 0 Å². The van der Waals surface area contributed by atoms with Crippen molar-refractivity contribution in [3.63, 3.8) is 0 Å². The fourth-order valence-corrected chi connectivity index (χ4v) is 2.11. The fraction of sp³-hybridized carbons (Fsp3) is 0.0667. The molecule has 1 heterocycles. The molecule has 3 rings (SSSR count). The molecule has 0 amide bonds. The van der Waals surface area contributed by atoms with Gasteiger partial charge in [-0.25, -0.2) is 0 Å². The Kier molecular flexibility index (Phi) is 2.54. The molecule has 0 spiro atoms. The molecule has 0 aromatic heterocycles. The average Bonchev–Trinajstić information content (AvgIpc) is 2.90. The monoisotopic (exact) mass is 222 g/mol. The molecule has 1 aliphatic heterocycles. The first kappa shape index (κ1) is 9.97. The van der Waals surface area contributed by atoms with E-state index in [2.05, 4.69) is 65.0 Å². The van der Waals surface area contributed by atoms with Crippen LogP contribution in [0.4, 0.5) is 5.69 Å². The highest BCUT2D eigenvalue weighted by Crippen LogP contribution is 2.28. The molecular formula is C15H14N2. The van der Waals surface area contributed by atoms with Crippen LogP contribution in [0.5, 0.6) is 0 Å². The Balaban J connectivity index is 1.93. The van der Waals surface area contributed by atoms with Gasteiger partial charge in [-0.15, -0.1) is 0 Å². The van der Waals surface area contributed by atoms with Crippen molar-refractivity contribution in [3.05, 3.63) is 78.5 Å². The van der Waals surface area contributed by atoms with E-state index in [4.69, 9.17) is 0 Å². The summed E-state index contributed by atoms with van der Waals surface area (Å²) in [6.45, 7) is 0. The second kappa shape index (κ2) is 4.34. The number of nitrogens with zero attached hydrogens (tertiary/aromatic N) is 1. The van der Waals surface area contributed by atoms with Crippen molar-refractivity contribution in [3.8, 4) is 0 Å². The average molecular weight is 222 g/mol.